The van der Waals surface area contributed by atoms with Gasteiger partial charge < -0.3 is 20.0 Å². The first-order chi connectivity index (χ1) is 14.8. The zero-order valence-corrected chi connectivity index (χ0v) is 17.1. The SMILES string of the molecule is Cn1c(NC2CC(C(=O)O)C2)nc2c1c(=O)n(Cc1cc3ccccc3[nH]1)c(=O)n2C. The third-order valence-electron chi connectivity index (χ3n) is 6.09. The molecule has 0 atom stereocenters. The zero-order chi connectivity index (χ0) is 21.9. The van der Waals surface area contributed by atoms with Crippen LogP contribution in [0.5, 0.6) is 0 Å². The van der Waals surface area contributed by atoms with Crippen LogP contribution in [0.3, 0.4) is 0 Å². The fourth-order valence-electron chi connectivity index (χ4n) is 4.22. The maximum Gasteiger partial charge on any atom is 0.332 e. The van der Waals surface area contributed by atoms with Crippen molar-refractivity contribution in [1.82, 2.24) is 23.7 Å². The Bertz CT molecular complexity index is 1420. The van der Waals surface area contributed by atoms with E-state index in [4.69, 9.17) is 5.11 Å². The maximum absolute atomic E-state index is 13.2. The number of aryl methyl sites for hydroxylation is 2. The first-order valence-electron chi connectivity index (χ1n) is 10.1. The first kappa shape index (κ1) is 19.2. The van der Waals surface area contributed by atoms with E-state index in [0.29, 0.717) is 30.0 Å². The molecule has 31 heavy (non-hydrogen) atoms. The summed E-state index contributed by atoms with van der Waals surface area (Å²) in [6.07, 6.45) is 1.00. The monoisotopic (exact) mass is 422 g/mol. The van der Waals surface area contributed by atoms with E-state index < -0.39 is 17.2 Å². The number of fused-ring (bicyclic) bond motifs is 2. The lowest BCUT2D eigenvalue weighted by Gasteiger charge is -2.33. The van der Waals surface area contributed by atoms with E-state index in [1.807, 2.05) is 30.3 Å². The van der Waals surface area contributed by atoms with Crippen LogP contribution in [0, 0.1) is 5.92 Å². The van der Waals surface area contributed by atoms with Gasteiger partial charge in [0.1, 0.15) is 0 Å². The average molecular weight is 422 g/mol. The number of para-hydroxylation sites is 1. The number of carboxylic acid groups (broad SMARTS) is 1. The van der Waals surface area contributed by atoms with E-state index in [1.165, 1.54) is 9.13 Å². The quantitative estimate of drug-likeness (QED) is 0.444. The molecule has 160 valence electrons. The van der Waals surface area contributed by atoms with Crippen LogP contribution >= 0.6 is 0 Å². The second-order valence-corrected chi connectivity index (χ2v) is 8.13. The number of nitrogens with zero attached hydrogens (tertiary/aromatic N) is 4. The largest absolute Gasteiger partial charge is 0.481 e. The van der Waals surface area contributed by atoms with E-state index in [2.05, 4.69) is 15.3 Å². The fourth-order valence-corrected chi connectivity index (χ4v) is 4.22. The number of hydrogen-bond donors (Lipinski definition) is 3. The summed E-state index contributed by atoms with van der Waals surface area (Å²) in [5.74, 6) is -0.713. The number of rotatable bonds is 5. The minimum Gasteiger partial charge on any atom is -0.481 e. The Kier molecular flexibility index (Phi) is 4.24. The highest BCUT2D eigenvalue weighted by Crippen LogP contribution is 2.30. The van der Waals surface area contributed by atoms with Gasteiger partial charge in [0.25, 0.3) is 5.56 Å². The van der Waals surface area contributed by atoms with E-state index in [1.54, 1.807) is 18.7 Å². The van der Waals surface area contributed by atoms with Crippen LogP contribution in [-0.4, -0.2) is 40.8 Å². The van der Waals surface area contributed by atoms with Crippen LogP contribution in [0.2, 0.25) is 0 Å². The van der Waals surface area contributed by atoms with Crippen molar-refractivity contribution in [3.8, 4) is 0 Å². The molecular formula is C21H22N6O4. The van der Waals surface area contributed by atoms with Crippen LogP contribution < -0.4 is 16.6 Å². The van der Waals surface area contributed by atoms with Gasteiger partial charge >= 0.3 is 11.7 Å². The molecule has 10 heteroatoms. The molecule has 1 saturated carbocycles. The number of anilines is 1. The molecule has 1 fully saturated rings. The Balaban J connectivity index is 1.53. The molecule has 1 aliphatic carbocycles. The second-order valence-electron chi connectivity index (χ2n) is 8.13. The number of carboxylic acids is 1. The normalized spacial score (nSPS) is 18.4. The third-order valence-corrected chi connectivity index (χ3v) is 6.09. The molecule has 0 saturated heterocycles. The summed E-state index contributed by atoms with van der Waals surface area (Å²) in [5.41, 5.74) is 1.44. The fraction of sp³-hybridized carbons (Fsp3) is 0.333. The van der Waals surface area contributed by atoms with Crippen LogP contribution in [0.1, 0.15) is 18.5 Å². The number of carbonyl (C=O) groups is 1. The number of aromatic amines is 1. The molecule has 0 bridgehead atoms. The van der Waals surface area contributed by atoms with Gasteiger partial charge in [0, 0.05) is 31.3 Å². The molecular weight excluding hydrogens is 400 g/mol. The molecule has 0 amide bonds. The van der Waals surface area contributed by atoms with Crippen molar-refractivity contribution in [2.75, 3.05) is 5.32 Å². The van der Waals surface area contributed by atoms with Crippen LogP contribution in [0.25, 0.3) is 22.1 Å². The first-order valence-corrected chi connectivity index (χ1v) is 10.1. The van der Waals surface area contributed by atoms with Gasteiger partial charge in [-0.15, -0.1) is 0 Å². The predicted molar refractivity (Wildman–Crippen MR) is 115 cm³/mol. The summed E-state index contributed by atoms with van der Waals surface area (Å²) in [7, 11) is 3.30. The van der Waals surface area contributed by atoms with Gasteiger partial charge in [0.15, 0.2) is 11.2 Å². The molecule has 0 radical (unpaired) electrons. The van der Waals surface area contributed by atoms with E-state index in [0.717, 1.165) is 16.6 Å². The standard InChI is InChI=1S/C21H22N6O4/c1-25-16-17(24-20(25)23-13-8-12(9-13)19(29)30)26(2)21(31)27(18(16)28)10-14-7-11-5-3-4-6-15(11)22-14/h3-7,12-13,22H,8-10H2,1-2H3,(H,23,24)(H,29,30). The lowest BCUT2D eigenvalue weighted by Crippen LogP contribution is -2.40. The molecule has 3 aromatic heterocycles. The number of hydrogen-bond acceptors (Lipinski definition) is 5. The highest BCUT2D eigenvalue weighted by Gasteiger charge is 2.35. The molecule has 1 aliphatic rings. The Morgan fingerprint density at radius 1 is 1.23 bits per heavy atom. The predicted octanol–water partition coefficient (Wildman–Crippen LogP) is 1.24. The Morgan fingerprint density at radius 2 is 1.97 bits per heavy atom. The van der Waals surface area contributed by atoms with Crippen molar-refractivity contribution >= 4 is 34.0 Å². The molecule has 10 nitrogen and oxygen atoms in total. The van der Waals surface area contributed by atoms with Gasteiger partial charge in [-0.25, -0.2) is 4.79 Å². The minimum atomic E-state index is -0.801. The average Bonchev–Trinajstić information content (AvgIpc) is 3.26. The molecule has 0 spiro atoms. The van der Waals surface area contributed by atoms with E-state index in [9.17, 15) is 14.4 Å². The molecule has 0 aliphatic heterocycles. The second kappa shape index (κ2) is 6.86. The lowest BCUT2D eigenvalue weighted by atomic mass is 9.80. The summed E-state index contributed by atoms with van der Waals surface area (Å²) < 4.78 is 4.20. The number of nitrogens with one attached hydrogen (secondary N) is 2. The number of imidazole rings is 1. The molecule has 4 aromatic rings. The van der Waals surface area contributed by atoms with Crippen molar-refractivity contribution in [3.63, 3.8) is 0 Å². The van der Waals surface area contributed by atoms with Gasteiger partial charge in [0.05, 0.1) is 12.5 Å². The molecule has 1 aromatic carbocycles. The summed E-state index contributed by atoms with van der Waals surface area (Å²) in [4.78, 5) is 44.9. The summed E-state index contributed by atoms with van der Waals surface area (Å²) in [5, 5.41) is 13.3. The van der Waals surface area contributed by atoms with Crippen molar-refractivity contribution < 1.29 is 9.90 Å². The summed E-state index contributed by atoms with van der Waals surface area (Å²) >= 11 is 0. The highest BCUT2D eigenvalue weighted by atomic mass is 16.4. The van der Waals surface area contributed by atoms with Gasteiger partial charge in [-0.2, -0.15) is 4.98 Å². The van der Waals surface area contributed by atoms with Gasteiger partial charge in [-0.1, -0.05) is 18.2 Å². The molecule has 3 N–H and O–H groups in total. The van der Waals surface area contributed by atoms with Crippen molar-refractivity contribution in [3.05, 3.63) is 56.9 Å². The number of benzene rings is 1. The van der Waals surface area contributed by atoms with Gasteiger partial charge in [-0.05, 0) is 30.4 Å². The Hall–Kier alpha value is -3.82. The van der Waals surface area contributed by atoms with Gasteiger partial charge in [0.2, 0.25) is 5.95 Å². The number of aliphatic carboxylic acids is 1. The molecule has 3 heterocycles. The van der Waals surface area contributed by atoms with E-state index in [-0.39, 0.29) is 18.5 Å². The topological polar surface area (TPSA) is 127 Å². The smallest absolute Gasteiger partial charge is 0.332 e. The highest BCUT2D eigenvalue weighted by molar-refractivity contribution is 5.80. The van der Waals surface area contributed by atoms with E-state index >= 15 is 0 Å². The number of aromatic nitrogens is 5. The van der Waals surface area contributed by atoms with Crippen LogP contribution in [0.15, 0.2) is 39.9 Å². The Labute approximate surface area is 175 Å². The minimum absolute atomic E-state index is 0.0257. The molecule has 0 unspecified atom stereocenters. The molecule has 5 rings (SSSR count). The zero-order valence-electron chi connectivity index (χ0n) is 17.1. The van der Waals surface area contributed by atoms with Crippen LogP contribution in [0.4, 0.5) is 5.95 Å². The summed E-state index contributed by atoms with van der Waals surface area (Å²) in [6, 6.07) is 9.66. The lowest BCUT2D eigenvalue weighted by molar-refractivity contribution is -0.144. The van der Waals surface area contributed by atoms with Gasteiger partial charge in [-0.3, -0.25) is 18.7 Å². The van der Waals surface area contributed by atoms with Crippen molar-refractivity contribution in [1.29, 1.82) is 0 Å². The van der Waals surface area contributed by atoms with Crippen molar-refractivity contribution in [2.45, 2.75) is 25.4 Å². The van der Waals surface area contributed by atoms with Crippen molar-refractivity contribution in [2.24, 2.45) is 20.0 Å². The summed E-state index contributed by atoms with van der Waals surface area (Å²) in [6.45, 7) is 0.118. The van der Waals surface area contributed by atoms with Crippen LogP contribution in [-0.2, 0) is 25.4 Å². The maximum atomic E-state index is 13.2. The number of H-pyrrole nitrogens is 1. The Morgan fingerprint density at radius 3 is 2.68 bits per heavy atom. The third kappa shape index (κ3) is 3.02.